The van der Waals surface area contributed by atoms with Crippen molar-refractivity contribution in [1.82, 2.24) is 0 Å². The predicted octanol–water partition coefficient (Wildman–Crippen LogP) is 3.02. The minimum Gasteiger partial charge on any atom is -0.401 e. The molecule has 3 nitrogen and oxygen atoms in total. The van der Waals surface area contributed by atoms with Crippen LogP contribution in [0.4, 0.5) is 18.9 Å². The van der Waals surface area contributed by atoms with Gasteiger partial charge in [0.2, 0.25) is 0 Å². The summed E-state index contributed by atoms with van der Waals surface area (Å²) in [5.74, 6) is 2.05. The molecule has 0 amide bonds. The highest BCUT2D eigenvalue weighted by atomic mass is 19.2. The van der Waals surface area contributed by atoms with E-state index in [1.165, 1.54) is 6.20 Å². The Balaban J connectivity index is 0.00000137. The molecule has 1 aromatic carbocycles. The molecule has 4 N–H and O–H groups in total. The van der Waals surface area contributed by atoms with Crippen LogP contribution in [0, 0.1) is 17.5 Å². The number of nitrogens with zero attached hydrogens (tertiary/aromatic N) is 1. The smallest absolute Gasteiger partial charge is 0.161 e. The van der Waals surface area contributed by atoms with E-state index in [0.29, 0.717) is 24.3 Å². The lowest BCUT2D eigenvalue weighted by atomic mass is 10.2. The third kappa shape index (κ3) is 4.29. The number of allylic oxidation sites excluding steroid dienone is 1. The van der Waals surface area contributed by atoms with E-state index in [1.807, 2.05) is 13.8 Å². The average molecular weight is 261 g/mol. The molecular weight excluding hydrogens is 243 g/mol. The zero-order valence-corrected chi connectivity index (χ0v) is 10.7. The van der Waals surface area contributed by atoms with Gasteiger partial charge < -0.3 is 5.73 Å². The van der Waals surface area contributed by atoms with Gasteiger partial charge in [-0.25, -0.2) is 19.0 Å². The van der Waals surface area contributed by atoms with E-state index >= 15 is 0 Å². The Kier molecular flexibility index (Phi) is 6.89. The van der Waals surface area contributed by atoms with Gasteiger partial charge in [0.1, 0.15) is 0 Å². The highest BCUT2D eigenvalue weighted by Crippen LogP contribution is 2.21. The molecule has 1 rings (SSSR count). The monoisotopic (exact) mass is 261 g/mol. The lowest BCUT2D eigenvalue weighted by Crippen LogP contribution is -2.27. The molecule has 1 aromatic rings. The van der Waals surface area contributed by atoms with Crippen LogP contribution in [0.3, 0.4) is 0 Å². The van der Waals surface area contributed by atoms with Gasteiger partial charge >= 0.3 is 0 Å². The van der Waals surface area contributed by atoms with Crippen LogP contribution in [0.25, 0.3) is 0 Å². The SMILES string of the molecule is CC.CC/C(N)=C/N(N)c1cc(F)c(F)cc1F. The summed E-state index contributed by atoms with van der Waals surface area (Å²) in [4.78, 5) is 0. The topological polar surface area (TPSA) is 55.3 Å². The van der Waals surface area contributed by atoms with E-state index in [-0.39, 0.29) is 5.69 Å². The van der Waals surface area contributed by atoms with Gasteiger partial charge in [-0.15, -0.1) is 0 Å². The number of hydrazine groups is 1. The fourth-order valence-electron chi connectivity index (χ4n) is 1.05. The minimum atomic E-state index is -1.26. The second kappa shape index (κ2) is 7.60. The number of hydrogen-bond acceptors (Lipinski definition) is 3. The van der Waals surface area contributed by atoms with Gasteiger partial charge in [0.15, 0.2) is 17.5 Å². The Morgan fingerprint density at radius 1 is 1.17 bits per heavy atom. The molecule has 0 heterocycles. The highest BCUT2D eigenvalue weighted by molar-refractivity contribution is 5.49. The summed E-state index contributed by atoms with van der Waals surface area (Å²) >= 11 is 0. The Morgan fingerprint density at radius 3 is 2.17 bits per heavy atom. The summed E-state index contributed by atoms with van der Waals surface area (Å²) in [6, 6.07) is 1.10. The Labute approximate surface area is 105 Å². The first kappa shape index (κ1) is 16.3. The van der Waals surface area contributed by atoms with Crippen LogP contribution in [0.2, 0.25) is 0 Å². The fourth-order valence-corrected chi connectivity index (χ4v) is 1.05. The molecular formula is C12H18F3N3. The summed E-state index contributed by atoms with van der Waals surface area (Å²) in [7, 11) is 0. The van der Waals surface area contributed by atoms with E-state index in [4.69, 9.17) is 11.6 Å². The van der Waals surface area contributed by atoms with Gasteiger partial charge in [0.25, 0.3) is 0 Å². The van der Waals surface area contributed by atoms with Crippen LogP contribution in [0.15, 0.2) is 24.0 Å². The van der Waals surface area contributed by atoms with Crippen molar-refractivity contribution in [3.8, 4) is 0 Å². The first-order valence-electron chi connectivity index (χ1n) is 5.60. The third-order valence-electron chi connectivity index (χ3n) is 1.98. The van der Waals surface area contributed by atoms with Crippen molar-refractivity contribution in [2.24, 2.45) is 11.6 Å². The number of nitrogens with two attached hydrogens (primary N) is 2. The molecule has 0 saturated heterocycles. The molecule has 0 atom stereocenters. The van der Waals surface area contributed by atoms with Gasteiger partial charge in [0, 0.05) is 24.0 Å². The van der Waals surface area contributed by atoms with Gasteiger partial charge in [-0.3, -0.25) is 5.01 Å². The van der Waals surface area contributed by atoms with Crippen molar-refractivity contribution in [2.45, 2.75) is 27.2 Å². The van der Waals surface area contributed by atoms with E-state index in [1.54, 1.807) is 6.92 Å². The lowest BCUT2D eigenvalue weighted by Gasteiger charge is -2.15. The molecule has 0 saturated carbocycles. The Hall–Kier alpha value is -1.69. The van der Waals surface area contributed by atoms with Crippen molar-refractivity contribution in [2.75, 3.05) is 5.01 Å². The van der Waals surface area contributed by atoms with Crippen molar-refractivity contribution in [3.63, 3.8) is 0 Å². The maximum Gasteiger partial charge on any atom is 0.161 e. The second-order valence-corrected chi connectivity index (χ2v) is 3.18. The molecule has 0 radical (unpaired) electrons. The zero-order chi connectivity index (χ0) is 14.3. The Morgan fingerprint density at radius 2 is 1.67 bits per heavy atom. The quantitative estimate of drug-likeness (QED) is 0.499. The van der Waals surface area contributed by atoms with Crippen LogP contribution in [-0.4, -0.2) is 0 Å². The van der Waals surface area contributed by atoms with Gasteiger partial charge in [-0.2, -0.15) is 0 Å². The van der Waals surface area contributed by atoms with E-state index in [0.717, 1.165) is 5.01 Å². The number of anilines is 1. The maximum absolute atomic E-state index is 13.2. The van der Waals surface area contributed by atoms with Crippen molar-refractivity contribution < 1.29 is 13.2 Å². The predicted molar refractivity (Wildman–Crippen MR) is 66.9 cm³/mol. The van der Waals surface area contributed by atoms with Gasteiger partial charge in [-0.05, 0) is 6.42 Å². The van der Waals surface area contributed by atoms with Gasteiger partial charge in [-0.1, -0.05) is 20.8 Å². The summed E-state index contributed by atoms with van der Waals surface area (Å²) in [6.45, 7) is 5.78. The molecule has 0 aromatic heterocycles. The summed E-state index contributed by atoms with van der Waals surface area (Å²) in [5, 5.41) is 0.816. The van der Waals surface area contributed by atoms with Crippen LogP contribution in [0.5, 0.6) is 0 Å². The lowest BCUT2D eigenvalue weighted by molar-refractivity contribution is 0.495. The zero-order valence-electron chi connectivity index (χ0n) is 10.7. The summed E-state index contributed by atoms with van der Waals surface area (Å²) in [5.41, 5.74) is 5.59. The van der Waals surface area contributed by atoms with Crippen molar-refractivity contribution in [1.29, 1.82) is 0 Å². The van der Waals surface area contributed by atoms with Crippen LogP contribution >= 0.6 is 0 Å². The van der Waals surface area contributed by atoms with Crippen LogP contribution < -0.4 is 16.6 Å². The fraction of sp³-hybridized carbons (Fsp3) is 0.333. The first-order valence-corrected chi connectivity index (χ1v) is 5.60. The average Bonchev–Trinajstić information content (AvgIpc) is 2.35. The second-order valence-electron chi connectivity index (χ2n) is 3.18. The summed E-state index contributed by atoms with van der Waals surface area (Å²) in [6.07, 6.45) is 1.76. The molecule has 0 aliphatic rings. The maximum atomic E-state index is 13.2. The number of hydrogen-bond donors (Lipinski definition) is 2. The summed E-state index contributed by atoms with van der Waals surface area (Å²) < 4.78 is 38.7. The minimum absolute atomic E-state index is 0.282. The molecule has 0 aliphatic heterocycles. The standard InChI is InChI=1S/C10H12F3N3.C2H6/c1-2-6(14)5-16(15)10-4-8(12)7(11)3-9(10)13;1-2/h3-5H,2,14-15H2,1H3;1-2H3/b6-5-;. The number of rotatable bonds is 3. The molecule has 0 aliphatic carbocycles. The van der Waals surface area contributed by atoms with Crippen LogP contribution in [-0.2, 0) is 0 Å². The number of benzene rings is 1. The normalized spacial score (nSPS) is 10.7. The molecule has 0 spiro atoms. The van der Waals surface area contributed by atoms with Crippen molar-refractivity contribution in [3.05, 3.63) is 41.5 Å². The number of halogens is 3. The molecule has 6 heteroatoms. The van der Waals surface area contributed by atoms with E-state index in [9.17, 15) is 13.2 Å². The highest BCUT2D eigenvalue weighted by Gasteiger charge is 2.12. The van der Waals surface area contributed by atoms with Crippen LogP contribution in [0.1, 0.15) is 27.2 Å². The molecule has 18 heavy (non-hydrogen) atoms. The first-order chi connectivity index (χ1) is 8.45. The third-order valence-corrected chi connectivity index (χ3v) is 1.98. The van der Waals surface area contributed by atoms with E-state index in [2.05, 4.69) is 0 Å². The largest absolute Gasteiger partial charge is 0.401 e. The molecule has 0 bridgehead atoms. The van der Waals surface area contributed by atoms with E-state index < -0.39 is 17.5 Å². The molecule has 0 unspecified atom stereocenters. The Bertz CT molecular complexity index is 419. The van der Waals surface area contributed by atoms with Crippen molar-refractivity contribution >= 4 is 5.69 Å². The molecule has 102 valence electrons. The van der Waals surface area contributed by atoms with Gasteiger partial charge in [0.05, 0.1) is 5.69 Å². The molecule has 0 fully saturated rings.